The highest BCUT2D eigenvalue weighted by Crippen LogP contribution is 2.34. The molecule has 0 fully saturated rings. The van der Waals surface area contributed by atoms with Gasteiger partial charge in [0.25, 0.3) is 0 Å². The summed E-state index contributed by atoms with van der Waals surface area (Å²) in [5.41, 5.74) is -0.724. The Morgan fingerprint density at radius 3 is 2.50 bits per heavy atom. The number of aryl methyl sites for hydroxylation is 1. The van der Waals surface area contributed by atoms with Gasteiger partial charge in [0, 0.05) is 6.54 Å². The van der Waals surface area contributed by atoms with Crippen molar-refractivity contribution in [2.45, 2.75) is 39.4 Å². The Hall–Kier alpha value is -0.620. The van der Waals surface area contributed by atoms with Gasteiger partial charge in [-0.15, -0.1) is 11.3 Å². The fourth-order valence-electron chi connectivity index (χ4n) is 1.27. The zero-order valence-corrected chi connectivity index (χ0v) is 10.1. The van der Waals surface area contributed by atoms with E-state index in [1.807, 2.05) is 13.8 Å². The zero-order chi connectivity index (χ0) is 12.2. The van der Waals surface area contributed by atoms with E-state index in [0.717, 1.165) is 24.3 Å². The molecule has 0 aliphatic carbocycles. The molecule has 0 radical (unpaired) electrons. The molecule has 0 atom stereocenters. The lowest BCUT2D eigenvalue weighted by molar-refractivity contribution is -0.141. The fraction of sp³-hybridized carbons (Fsp3) is 0.700. The third-order valence-electron chi connectivity index (χ3n) is 2.02. The third-order valence-corrected chi connectivity index (χ3v) is 3.22. The molecule has 0 saturated carbocycles. The van der Waals surface area contributed by atoms with Crippen LogP contribution >= 0.6 is 11.3 Å². The lowest BCUT2D eigenvalue weighted by atomic mass is 10.3. The first-order valence-corrected chi connectivity index (χ1v) is 6.07. The highest BCUT2D eigenvalue weighted by molar-refractivity contribution is 7.11. The van der Waals surface area contributed by atoms with Crippen LogP contribution in [0.4, 0.5) is 13.2 Å². The van der Waals surface area contributed by atoms with Gasteiger partial charge in [0.15, 0.2) is 5.69 Å². The Morgan fingerprint density at radius 1 is 1.31 bits per heavy atom. The Bertz CT molecular complexity index is 333. The molecule has 0 spiro atoms. The standard InChI is InChI=1S/C10H15F3N2S/c1-3-5-14-6-7-9(10(11,12)13)15-8(4-2)16-7/h14H,3-6H2,1-2H3. The smallest absolute Gasteiger partial charge is 0.312 e. The van der Waals surface area contributed by atoms with Crippen LogP contribution in [0.3, 0.4) is 0 Å². The van der Waals surface area contributed by atoms with Crippen LogP contribution in [0, 0.1) is 0 Å². The molecule has 0 aliphatic rings. The summed E-state index contributed by atoms with van der Waals surface area (Å²) < 4.78 is 37.9. The molecule has 0 unspecified atom stereocenters. The first-order valence-electron chi connectivity index (χ1n) is 5.25. The van der Waals surface area contributed by atoms with E-state index < -0.39 is 11.9 Å². The molecule has 92 valence electrons. The van der Waals surface area contributed by atoms with Gasteiger partial charge in [0.05, 0.1) is 9.88 Å². The Balaban J connectivity index is 2.84. The predicted molar refractivity (Wildman–Crippen MR) is 58.5 cm³/mol. The van der Waals surface area contributed by atoms with Crippen molar-refractivity contribution in [1.82, 2.24) is 10.3 Å². The van der Waals surface area contributed by atoms with Crippen LogP contribution < -0.4 is 5.32 Å². The summed E-state index contributed by atoms with van der Waals surface area (Å²) >= 11 is 1.14. The monoisotopic (exact) mass is 252 g/mol. The molecule has 1 aromatic rings. The van der Waals surface area contributed by atoms with Crippen molar-refractivity contribution < 1.29 is 13.2 Å². The average molecular weight is 252 g/mol. The molecule has 1 heterocycles. The molecule has 2 nitrogen and oxygen atoms in total. The second-order valence-corrected chi connectivity index (χ2v) is 4.58. The maximum atomic E-state index is 12.6. The van der Waals surface area contributed by atoms with Crippen LogP contribution in [-0.4, -0.2) is 11.5 Å². The largest absolute Gasteiger partial charge is 0.434 e. The van der Waals surface area contributed by atoms with Crippen molar-refractivity contribution in [3.05, 3.63) is 15.6 Å². The molecule has 0 saturated heterocycles. The lowest BCUT2D eigenvalue weighted by Crippen LogP contribution is -2.17. The summed E-state index contributed by atoms with van der Waals surface area (Å²) in [7, 11) is 0. The third kappa shape index (κ3) is 3.45. The average Bonchev–Trinajstić information content (AvgIpc) is 2.61. The zero-order valence-electron chi connectivity index (χ0n) is 9.32. The second-order valence-electron chi connectivity index (χ2n) is 3.41. The van der Waals surface area contributed by atoms with Crippen LogP contribution in [0.2, 0.25) is 0 Å². The second kappa shape index (κ2) is 5.63. The Kier molecular flexibility index (Phi) is 4.73. The Labute approximate surface area is 96.9 Å². The molecule has 0 aromatic carbocycles. The van der Waals surface area contributed by atoms with Crippen molar-refractivity contribution in [3.8, 4) is 0 Å². The van der Waals surface area contributed by atoms with Gasteiger partial charge in [-0.2, -0.15) is 13.2 Å². The maximum Gasteiger partial charge on any atom is 0.434 e. The van der Waals surface area contributed by atoms with Gasteiger partial charge >= 0.3 is 6.18 Å². The van der Waals surface area contributed by atoms with Crippen molar-refractivity contribution in [2.75, 3.05) is 6.54 Å². The minimum absolute atomic E-state index is 0.250. The quantitative estimate of drug-likeness (QED) is 0.814. The number of aromatic nitrogens is 1. The summed E-state index contributed by atoms with van der Waals surface area (Å²) in [6.45, 7) is 4.75. The summed E-state index contributed by atoms with van der Waals surface area (Å²) in [5.74, 6) is 0. The number of halogens is 3. The van der Waals surface area contributed by atoms with Crippen LogP contribution in [0.5, 0.6) is 0 Å². The van der Waals surface area contributed by atoms with E-state index >= 15 is 0 Å². The first kappa shape index (κ1) is 13.4. The van der Waals surface area contributed by atoms with Crippen molar-refractivity contribution in [2.24, 2.45) is 0 Å². The van der Waals surface area contributed by atoms with E-state index in [4.69, 9.17) is 0 Å². The number of rotatable bonds is 5. The molecular weight excluding hydrogens is 237 g/mol. The normalized spacial score (nSPS) is 12.1. The molecule has 0 amide bonds. The summed E-state index contributed by atoms with van der Waals surface area (Å²) in [4.78, 5) is 3.92. The van der Waals surface area contributed by atoms with E-state index in [2.05, 4.69) is 10.3 Å². The predicted octanol–water partition coefficient (Wildman–Crippen LogP) is 3.22. The Morgan fingerprint density at radius 2 is 2.00 bits per heavy atom. The molecule has 0 aliphatic heterocycles. The summed E-state index contributed by atoms with van der Waals surface area (Å²) in [6, 6.07) is 0. The molecule has 1 N–H and O–H groups in total. The number of hydrogen-bond donors (Lipinski definition) is 1. The van der Waals surface area contributed by atoms with E-state index in [1.54, 1.807) is 0 Å². The van der Waals surface area contributed by atoms with E-state index in [9.17, 15) is 13.2 Å². The maximum absolute atomic E-state index is 12.6. The van der Waals surface area contributed by atoms with E-state index in [1.165, 1.54) is 0 Å². The molecule has 0 bridgehead atoms. The van der Waals surface area contributed by atoms with E-state index in [-0.39, 0.29) is 11.4 Å². The SMILES string of the molecule is CCCNCc1sc(CC)nc1C(F)(F)F. The topological polar surface area (TPSA) is 24.9 Å². The molecular formula is C10H15F3N2S. The summed E-state index contributed by atoms with van der Waals surface area (Å²) in [5, 5.41) is 3.51. The van der Waals surface area contributed by atoms with Crippen molar-refractivity contribution in [3.63, 3.8) is 0 Å². The van der Waals surface area contributed by atoms with Crippen molar-refractivity contribution in [1.29, 1.82) is 0 Å². The van der Waals surface area contributed by atoms with Crippen molar-refractivity contribution >= 4 is 11.3 Å². The molecule has 16 heavy (non-hydrogen) atoms. The number of thiazole rings is 1. The van der Waals surface area contributed by atoms with Gasteiger partial charge in [-0.1, -0.05) is 13.8 Å². The highest BCUT2D eigenvalue weighted by atomic mass is 32.1. The van der Waals surface area contributed by atoms with Gasteiger partial charge in [-0.05, 0) is 19.4 Å². The van der Waals surface area contributed by atoms with Crippen LogP contribution in [-0.2, 0) is 19.1 Å². The van der Waals surface area contributed by atoms with Gasteiger partial charge < -0.3 is 5.32 Å². The lowest BCUT2D eigenvalue weighted by Gasteiger charge is -2.06. The minimum Gasteiger partial charge on any atom is -0.312 e. The first-order chi connectivity index (χ1) is 7.49. The van der Waals surface area contributed by atoms with Gasteiger partial charge in [0.1, 0.15) is 0 Å². The minimum atomic E-state index is -4.34. The van der Waals surface area contributed by atoms with Crippen LogP contribution in [0.25, 0.3) is 0 Å². The number of nitrogens with zero attached hydrogens (tertiary/aromatic N) is 1. The number of alkyl halides is 3. The number of hydrogen-bond acceptors (Lipinski definition) is 3. The van der Waals surface area contributed by atoms with Crippen LogP contribution in [0.15, 0.2) is 0 Å². The van der Waals surface area contributed by atoms with Gasteiger partial charge in [-0.3, -0.25) is 0 Å². The van der Waals surface area contributed by atoms with Crippen LogP contribution in [0.1, 0.15) is 35.8 Å². The molecule has 1 rings (SSSR count). The van der Waals surface area contributed by atoms with Gasteiger partial charge in [0.2, 0.25) is 0 Å². The number of nitrogens with one attached hydrogen (secondary N) is 1. The van der Waals surface area contributed by atoms with Gasteiger partial charge in [-0.25, -0.2) is 4.98 Å². The van der Waals surface area contributed by atoms with E-state index in [0.29, 0.717) is 11.4 Å². The highest BCUT2D eigenvalue weighted by Gasteiger charge is 2.36. The fourth-order valence-corrected chi connectivity index (χ4v) is 2.27. The molecule has 1 aromatic heterocycles. The summed E-state index contributed by atoms with van der Waals surface area (Å²) in [6.07, 6.45) is -2.89. The molecule has 6 heteroatoms.